The quantitative estimate of drug-likeness (QED) is 0.596. The molecule has 98 valence electrons. The third kappa shape index (κ3) is 5.89. The van der Waals surface area contributed by atoms with Gasteiger partial charge in [0.05, 0.1) is 6.10 Å². The fraction of sp³-hybridized carbons (Fsp3) is 0.529. The van der Waals surface area contributed by atoms with E-state index in [-0.39, 0.29) is 12.0 Å². The van der Waals surface area contributed by atoms with E-state index in [0.29, 0.717) is 0 Å². The van der Waals surface area contributed by atoms with Gasteiger partial charge in [-0.15, -0.1) is 5.92 Å². The summed E-state index contributed by atoms with van der Waals surface area (Å²) in [5, 5.41) is 10.0. The van der Waals surface area contributed by atoms with Crippen LogP contribution < -0.4 is 0 Å². The summed E-state index contributed by atoms with van der Waals surface area (Å²) in [6.07, 6.45) is 4.67. The highest BCUT2D eigenvalue weighted by Gasteiger charge is 2.11. The molecule has 0 amide bonds. The third-order valence-electron chi connectivity index (χ3n) is 3.13. The van der Waals surface area contributed by atoms with E-state index in [1.165, 1.54) is 12.0 Å². The van der Waals surface area contributed by atoms with E-state index in [9.17, 15) is 5.11 Å². The van der Waals surface area contributed by atoms with Gasteiger partial charge >= 0.3 is 0 Å². The minimum absolute atomic E-state index is 0.0746. The molecular weight excluding hydrogens is 220 g/mol. The van der Waals surface area contributed by atoms with E-state index in [0.717, 1.165) is 25.7 Å². The number of aliphatic hydroxyl groups excluding tert-OH is 1. The lowest BCUT2D eigenvalue weighted by atomic mass is 9.98. The summed E-state index contributed by atoms with van der Waals surface area (Å²) < 4.78 is 0. The maximum atomic E-state index is 10.0. The molecular formula is C17H24O. The summed E-state index contributed by atoms with van der Waals surface area (Å²) in [4.78, 5) is 0. The molecule has 1 heteroatoms. The SMILES string of the molecule is CCCCC#C[C@H](C)[C@H](O)CCc1ccccc1. The van der Waals surface area contributed by atoms with Crippen LogP contribution in [0, 0.1) is 17.8 Å². The van der Waals surface area contributed by atoms with Crippen molar-refractivity contribution in [2.45, 2.75) is 52.1 Å². The normalized spacial score (nSPS) is 13.5. The Morgan fingerprint density at radius 3 is 2.61 bits per heavy atom. The van der Waals surface area contributed by atoms with E-state index < -0.39 is 0 Å². The van der Waals surface area contributed by atoms with Crippen LogP contribution in [-0.2, 0) is 6.42 Å². The second-order valence-electron chi connectivity index (χ2n) is 4.80. The predicted octanol–water partition coefficient (Wildman–Crippen LogP) is 3.81. The molecule has 0 aliphatic carbocycles. The van der Waals surface area contributed by atoms with Gasteiger partial charge in [0, 0.05) is 12.3 Å². The maximum Gasteiger partial charge on any atom is 0.0678 e. The molecule has 0 bridgehead atoms. The van der Waals surface area contributed by atoms with Crippen LogP contribution in [0.3, 0.4) is 0 Å². The Morgan fingerprint density at radius 1 is 1.22 bits per heavy atom. The molecule has 0 aliphatic rings. The smallest absolute Gasteiger partial charge is 0.0678 e. The zero-order valence-corrected chi connectivity index (χ0v) is 11.5. The molecule has 1 aromatic carbocycles. The number of hydrogen-bond donors (Lipinski definition) is 1. The molecule has 0 saturated carbocycles. The van der Waals surface area contributed by atoms with Gasteiger partial charge in [0.2, 0.25) is 0 Å². The average Bonchev–Trinajstić information content (AvgIpc) is 2.42. The molecule has 0 saturated heterocycles. The van der Waals surface area contributed by atoms with E-state index in [1.807, 2.05) is 25.1 Å². The van der Waals surface area contributed by atoms with Crippen molar-refractivity contribution in [3.05, 3.63) is 35.9 Å². The van der Waals surface area contributed by atoms with Crippen LogP contribution in [0.2, 0.25) is 0 Å². The summed E-state index contributed by atoms with van der Waals surface area (Å²) >= 11 is 0. The number of hydrogen-bond acceptors (Lipinski definition) is 1. The minimum Gasteiger partial charge on any atom is -0.392 e. The molecule has 2 atom stereocenters. The Bertz CT molecular complexity index is 372. The topological polar surface area (TPSA) is 20.2 Å². The predicted molar refractivity (Wildman–Crippen MR) is 77.2 cm³/mol. The number of rotatable bonds is 6. The van der Waals surface area contributed by atoms with Crippen LogP contribution >= 0.6 is 0 Å². The van der Waals surface area contributed by atoms with Crippen molar-refractivity contribution in [3.8, 4) is 11.8 Å². The van der Waals surface area contributed by atoms with Crippen molar-refractivity contribution in [1.82, 2.24) is 0 Å². The zero-order chi connectivity index (χ0) is 13.2. The highest BCUT2D eigenvalue weighted by atomic mass is 16.3. The summed E-state index contributed by atoms with van der Waals surface area (Å²) in [5.41, 5.74) is 1.28. The molecule has 1 aromatic rings. The van der Waals surface area contributed by atoms with Gasteiger partial charge in [-0.1, -0.05) is 49.6 Å². The Kier molecular flexibility index (Phi) is 7.22. The monoisotopic (exact) mass is 244 g/mol. The Morgan fingerprint density at radius 2 is 1.94 bits per heavy atom. The van der Waals surface area contributed by atoms with Crippen LogP contribution in [-0.4, -0.2) is 11.2 Å². The largest absolute Gasteiger partial charge is 0.392 e. The first kappa shape index (κ1) is 14.8. The van der Waals surface area contributed by atoms with E-state index in [2.05, 4.69) is 30.9 Å². The van der Waals surface area contributed by atoms with Crippen LogP contribution in [0.25, 0.3) is 0 Å². The van der Waals surface area contributed by atoms with Gasteiger partial charge in [0.1, 0.15) is 0 Å². The van der Waals surface area contributed by atoms with Crippen molar-refractivity contribution in [1.29, 1.82) is 0 Å². The Balaban J connectivity index is 2.30. The first-order valence-electron chi connectivity index (χ1n) is 6.94. The average molecular weight is 244 g/mol. The first-order valence-corrected chi connectivity index (χ1v) is 6.94. The van der Waals surface area contributed by atoms with Gasteiger partial charge < -0.3 is 5.11 Å². The third-order valence-corrected chi connectivity index (χ3v) is 3.13. The molecule has 1 N–H and O–H groups in total. The summed E-state index contributed by atoms with van der Waals surface area (Å²) in [6.45, 7) is 4.18. The van der Waals surface area contributed by atoms with Gasteiger partial charge in [-0.3, -0.25) is 0 Å². The second kappa shape index (κ2) is 8.78. The highest BCUT2D eigenvalue weighted by molar-refractivity contribution is 5.15. The molecule has 0 spiro atoms. The number of unbranched alkanes of at least 4 members (excludes halogenated alkanes) is 2. The minimum atomic E-state index is -0.320. The second-order valence-corrected chi connectivity index (χ2v) is 4.80. The number of benzene rings is 1. The van der Waals surface area contributed by atoms with Crippen molar-refractivity contribution in [3.63, 3.8) is 0 Å². The van der Waals surface area contributed by atoms with Crippen molar-refractivity contribution < 1.29 is 5.11 Å². The van der Waals surface area contributed by atoms with E-state index in [4.69, 9.17) is 0 Å². The van der Waals surface area contributed by atoms with Gasteiger partial charge in [0.25, 0.3) is 0 Å². The van der Waals surface area contributed by atoms with Crippen molar-refractivity contribution in [2.24, 2.45) is 5.92 Å². The zero-order valence-electron chi connectivity index (χ0n) is 11.5. The first-order chi connectivity index (χ1) is 8.74. The molecule has 1 rings (SSSR count). The lowest BCUT2D eigenvalue weighted by Gasteiger charge is -2.13. The molecule has 18 heavy (non-hydrogen) atoms. The Labute approximate surface area is 111 Å². The van der Waals surface area contributed by atoms with Gasteiger partial charge in [-0.25, -0.2) is 0 Å². The van der Waals surface area contributed by atoms with E-state index in [1.54, 1.807) is 0 Å². The molecule has 1 nitrogen and oxygen atoms in total. The van der Waals surface area contributed by atoms with Gasteiger partial charge in [0.15, 0.2) is 0 Å². The van der Waals surface area contributed by atoms with Gasteiger partial charge in [-0.2, -0.15) is 0 Å². The molecule has 0 heterocycles. The lowest BCUT2D eigenvalue weighted by molar-refractivity contribution is 0.132. The molecule has 0 aromatic heterocycles. The molecule has 0 aliphatic heterocycles. The number of aryl methyl sites for hydroxylation is 1. The Hall–Kier alpha value is -1.26. The fourth-order valence-corrected chi connectivity index (χ4v) is 1.80. The van der Waals surface area contributed by atoms with E-state index >= 15 is 0 Å². The van der Waals surface area contributed by atoms with Crippen molar-refractivity contribution >= 4 is 0 Å². The fourth-order valence-electron chi connectivity index (χ4n) is 1.80. The van der Waals surface area contributed by atoms with Crippen LogP contribution in [0.1, 0.15) is 45.1 Å². The standard InChI is InChI=1S/C17H24O/c1-3-4-5-7-10-15(2)17(18)14-13-16-11-8-6-9-12-16/h6,8-9,11-12,15,17-18H,3-5,13-14H2,1-2H3/t15-,17+/m0/s1. The molecule has 0 unspecified atom stereocenters. The van der Waals surface area contributed by atoms with Crippen LogP contribution in [0.15, 0.2) is 30.3 Å². The van der Waals surface area contributed by atoms with Crippen LogP contribution in [0.4, 0.5) is 0 Å². The van der Waals surface area contributed by atoms with Crippen LogP contribution in [0.5, 0.6) is 0 Å². The lowest BCUT2D eigenvalue weighted by Crippen LogP contribution is -2.16. The van der Waals surface area contributed by atoms with Crippen molar-refractivity contribution in [2.75, 3.05) is 0 Å². The number of aliphatic hydroxyl groups is 1. The van der Waals surface area contributed by atoms with Gasteiger partial charge in [-0.05, 0) is 31.7 Å². The summed E-state index contributed by atoms with van der Waals surface area (Å²) in [7, 11) is 0. The molecule has 0 radical (unpaired) electrons. The summed E-state index contributed by atoms with van der Waals surface area (Å²) in [6, 6.07) is 10.3. The summed E-state index contributed by atoms with van der Waals surface area (Å²) in [5.74, 6) is 6.38. The maximum absolute atomic E-state index is 10.0. The highest BCUT2D eigenvalue weighted by Crippen LogP contribution is 2.11. The molecule has 0 fully saturated rings.